The molecule has 0 aliphatic carbocycles. The highest BCUT2D eigenvalue weighted by Gasteiger charge is 2.03. The summed E-state index contributed by atoms with van der Waals surface area (Å²) < 4.78 is 2.39. The van der Waals surface area contributed by atoms with E-state index in [9.17, 15) is 0 Å². The van der Waals surface area contributed by atoms with Crippen LogP contribution >= 0.6 is 11.8 Å². The van der Waals surface area contributed by atoms with Crippen LogP contribution in [0.1, 0.15) is 32.8 Å². The number of nitrogens with one attached hydrogen (secondary N) is 1. The molecule has 0 bridgehead atoms. The molecule has 0 atom stereocenters. The molecule has 0 aliphatic rings. The monoisotopic (exact) mass is 304 g/mol. The molecular weight excluding hydrogens is 276 g/mol. The second-order valence-electron chi connectivity index (χ2n) is 5.98. The highest BCUT2D eigenvalue weighted by atomic mass is 32.2. The second kappa shape index (κ2) is 8.50. The van der Waals surface area contributed by atoms with Gasteiger partial charge < -0.3 is 9.88 Å². The first-order valence-corrected chi connectivity index (χ1v) is 9.22. The smallest absolute Gasteiger partial charge is 0.0480 e. The van der Waals surface area contributed by atoms with Gasteiger partial charge in [-0.1, -0.05) is 26.8 Å². The Labute approximate surface area is 133 Å². The van der Waals surface area contributed by atoms with Crippen molar-refractivity contribution in [1.29, 1.82) is 0 Å². The molecule has 0 radical (unpaired) electrons. The Balaban J connectivity index is 1.94. The van der Waals surface area contributed by atoms with Crippen molar-refractivity contribution in [3.8, 4) is 0 Å². The van der Waals surface area contributed by atoms with Crippen LogP contribution in [-0.4, -0.2) is 22.6 Å². The van der Waals surface area contributed by atoms with Crippen LogP contribution in [0, 0.1) is 5.92 Å². The van der Waals surface area contributed by atoms with E-state index in [-0.39, 0.29) is 0 Å². The molecule has 116 valence electrons. The van der Waals surface area contributed by atoms with Gasteiger partial charge in [0, 0.05) is 24.8 Å². The fraction of sp³-hybridized carbons (Fsp3) is 0.556. The van der Waals surface area contributed by atoms with E-state index in [0.717, 1.165) is 19.6 Å². The predicted octanol–water partition coefficient (Wildman–Crippen LogP) is 4.53. The Kier molecular flexibility index (Phi) is 6.65. The number of nitrogens with zero attached hydrogens (tertiary/aromatic N) is 1. The fourth-order valence-electron chi connectivity index (χ4n) is 2.54. The van der Waals surface area contributed by atoms with E-state index in [1.807, 2.05) is 11.8 Å². The number of aryl methyl sites for hydroxylation is 1. The first kappa shape index (κ1) is 16.4. The normalized spacial score (nSPS) is 11.6. The third-order valence-electron chi connectivity index (χ3n) is 3.61. The van der Waals surface area contributed by atoms with E-state index >= 15 is 0 Å². The minimum Gasteiger partial charge on any atom is -0.347 e. The van der Waals surface area contributed by atoms with E-state index in [2.05, 4.69) is 61.1 Å². The van der Waals surface area contributed by atoms with Crippen molar-refractivity contribution in [3.05, 3.63) is 36.0 Å². The zero-order valence-corrected chi connectivity index (χ0v) is 14.4. The third kappa shape index (κ3) is 5.08. The van der Waals surface area contributed by atoms with Gasteiger partial charge in [-0.25, -0.2) is 0 Å². The first-order valence-electron chi connectivity index (χ1n) is 8.07. The lowest BCUT2D eigenvalue weighted by Gasteiger charge is -2.09. The lowest BCUT2D eigenvalue weighted by molar-refractivity contribution is 0.552. The average Bonchev–Trinajstić information content (AvgIpc) is 2.86. The number of hydrogen-bond acceptors (Lipinski definition) is 2. The minimum atomic E-state index is 0.704. The molecule has 21 heavy (non-hydrogen) atoms. The topological polar surface area (TPSA) is 17.0 Å². The summed E-state index contributed by atoms with van der Waals surface area (Å²) in [7, 11) is 0. The zero-order chi connectivity index (χ0) is 15.1. The van der Waals surface area contributed by atoms with E-state index < -0.39 is 0 Å². The van der Waals surface area contributed by atoms with E-state index in [0.29, 0.717) is 5.92 Å². The lowest BCUT2D eigenvalue weighted by atomic mass is 10.1. The third-order valence-corrected chi connectivity index (χ3v) is 4.59. The molecule has 0 aliphatic heterocycles. The van der Waals surface area contributed by atoms with Crippen molar-refractivity contribution in [2.75, 3.05) is 18.1 Å². The molecule has 2 aromatic rings. The average molecular weight is 305 g/mol. The molecule has 0 saturated heterocycles. The van der Waals surface area contributed by atoms with Gasteiger partial charge in [0.2, 0.25) is 0 Å². The van der Waals surface area contributed by atoms with Crippen LogP contribution in [0.15, 0.2) is 30.5 Å². The molecule has 3 heteroatoms. The van der Waals surface area contributed by atoms with Gasteiger partial charge in [-0.2, -0.15) is 11.8 Å². The molecule has 1 aromatic carbocycles. The van der Waals surface area contributed by atoms with Crippen molar-refractivity contribution < 1.29 is 0 Å². The van der Waals surface area contributed by atoms with Crippen LogP contribution in [0.4, 0.5) is 0 Å². The predicted molar refractivity (Wildman–Crippen MR) is 96.1 cm³/mol. The Morgan fingerprint density at radius 2 is 2.10 bits per heavy atom. The molecule has 2 nitrogen and oxygen atoms in total. The van der Waals surface area contributed by atoms with Gasteiger partial charge in [0.25, 0.3) is 0 Å². The number of benzene rings is 1. The zero-order valence-electron chi connectivity index (χ0n) is 13.6. The minimum absolute atomic E-state index is 0.704. The largest absolute Gasteiger partial charge is 0.347 e. The van der Waals surface area contributed by atoms with Gasteiger partial charge in [-0.3, -0.25) is 0 Å². The van der Waals surface area contributed by atoms with Crippen LogP contribution in [-0.2, 0) is 13.1 Å². The summed E-state index contributed by atoms with van der Waals surface area (Å²) in [5.74, 6) is 3.18. The molecule has 0 spiro atoms. The Bertz CT molecular complexity index is 545. The number of hydrogen-bond donors (Lipinski definition) is 1. The summed E-state index contributed by atoms with van der Waals surface area (Å²) in [6.07, 6.45) is 3.48. The van der Waals surface area contributed by atoms with Crippen LogP contribution in [0.25, 0.3) is 10.9 Å². The summed E-state index contributed by atoms with van der Waals surface area (Å²) in [4.78, 5) is 0. The summed E-state index contributed by atoms with van der Waals surface area (Å²) in [5.41, 5.74) is 2.74. The van der Waals surface area contributed by atoms with Crippen LogP contribution in [0.2, 0.25) is 0 Å². The van der Waals surface area contributed by atoms with E-state index in [1.54, 1.807) is 0 Å². The van der Waals surface area contributed by atoms with Crippen molar-refractivity contribution in [1.82, 2.24) is 9.88 Å². The van der Waals surface area contributed by atoms with Crippen LogP contribution in [0.3, 0.4) is 0 Å². The molecule has 0 unspecified atom stereocenters. The number of fused-ring (bicyclic) bond motifs is 1. The van der Waals surface area contributed by atoms with Gasteiger partial charge in [0.15, 0.2) is 0 Å². The molecule has 1 heterocycles. The van der Waals surface area contributed by atoms with Gasteiger partial charge in [-0.15, -0.1) is 0 Å². The molecule has 0 amide bonds. The van der Waals surface area contributed by atoms with Gasteiger partial charge in [0.1, 0.15) is 0 Å². The number of rotatable bonds is 9. The molecule has 0 saturated carbocycles. The number of thioether (sulfide) groups is 1. The van der Waals surface area contributed by atoms with E-state index in [4.69, 9.17) is 0 Å². The summed E-state index contributed by atoms with van der Waals surface area (Å²) in [6.45, 7) is 9.88. The Morgan fingerprint density at radius 1 is 1.24 bits per heavy atom. The van der Waals surface area contributed by atoms with Gasteiger partial charge in [0.05, 0.1) is 0 Å². The molecule has 2 rings (SSSR count). The lowest BCUT2D eigenvalue weighted by Crippen LogP contribution is -2.18. The highest BCUT2D eigenvalue weighted by molar-refractivity contribution is 7.99. The van der Waals surface area contributed by atoms with Crippen molar-refractivity contribution in [2.45, 2.75) is 40.3 Å². The number of aromatic nitrogens is 1. The van der Waals surface area contributed by atoms with Crippen LogP contribution < -0.4 is 5.32 Å². The standard InChI is InChI=1S/C18H28N2S/c1-4-21-11-5-9-20-10-8-17-12-16(6-7-18(17)20)14-19-13-15(2)3/h6-8,10,12,15,19H,4-5,9,11,13-14H2,1-3H3. The van der Waals surface area contributed by atoms with Gasteiger partial charge >= 0.3 is 0 Å². The maximum absolute atomic E-state index is 3.51. The quantitative estimate of drug-likeness (QED) is 0.685. The first-order chi connectivity index (χ1) is 10.2. The maximum Gasteiger partial charge on any atom is 0.0480 e. The van der Waals surface area contributed by atoms with Crippen LogP contribution in [0.5, 0.6) is 0 Å². The molecule has 0 fully saturated rings. The summed E-state index contributed by atoms with van der Waals surface area (Å²) in [6, 6.07) is 9.09. The Hall–Kier alpha value is -0.930. The van der Waals surface area contributed by atoms with Crippen molar-refractivity contribution in [2.24, 2.45) is 5.92 Å². The Morgan fingerprint density at radius 3 is 2.86 bits per heavy atom. The SMILES string of the molecule is CCSCCCn1ccc2cc(CNCC(C)C)ccc21. The second-order valence-corrected chi connectivity index (χ2v) is 7.37. The summed E-state index contributed by atoms with van der Waals surface area (Å²) in [5, 5.41) is 4.87. The highest BCUT2D eigenvalue weighted by Crippen LogP contribution is 2.18. The van der Waals surface area contributed by atoms with Gasteiger partial charge in [-0.05, 0) is 59.5 Å². The van der Waals surface area contributed by atoms with Crippen molar-refractivity contribution in [3.63, 3.8) is 0 Å². The van der Waals surface area contributed by atoms with Crippen molar-refractivity contribution >= 4 is 22.7 Å². The molecular formula is C18H28N2S. The summed E-state index contributed by atoms with van der Waals surface area (Å²) >= 11 is 2.03. The fourth-order valence-corrected chi connectivity index (χ4v) is 3.16. The maximum atomic E-state index is 3.51. The van der Waals surface area contributed by atoms with E-state index in [1.165, 1.54) is 34.4 Å². The molecule has 1 N–H and O–H groups in total. The molecule has 1 aromatic heterocycles.